The molecule has 0 aromatic heterocycles. The number of rotatable bonds is 3. The summed E-state index contributed by atoms with van der Waals surface area (Å²) in [5, 5.41) is 3.20. The fourth-order valence-corrected chi connectivity index (χ4v) is 3.41. The van der Waals surface area contributed by atoms with Crippen LogP contribution in [-0.4, -0.2) is 18.5 Å². The second-order valence-electron chi connectivity index (χ2n) is 6.70. The molecule has 2 fully saturated rings. The summed E-state index contributed by atoms with van der Waals surface area (Å²) in [4.78, 5) is 12.1. The lowest BCUT2D eigenvalue weighted by atomic mass is 9.75. The Morgan fingerprint density at radius 3 is 2.39 bits per heavy atom. The van der Waals surface area contributed by atoms with Gasteiger partial charge < -0.3 is 11.1 Å². The molecular formula is C15H28N2O. The van der Waals surface area contributed by atoms with Crippen molar-refractivity contribution in [2.24, 2.45) is 17.1 Å². The average Bonchev–Trinajstić information content (AvgIpc) is 2.38. The molecule has 0 radical (unpaired) electrons. The predicted octanol–water partition coefficient (Wildman–Crippen LogP) is 2.59. The quantitative estimate of drug-likeness (QED) is 0.811. The fourth-order valence-electron chi connectivity index (χ4n) is 3.41. The van der Waals surface area contributed by atoms with Gasteiger partial charge in [-0.25, -0.2) is 0 Å². The normalized spacial score (nSPS) is 31.9. The maximum atomic E-state index is 12.1. The van der Waals surface area contributed by atoms with Crippen LogP contribution in [-0.2, 0) is 4.79 Å². The first kappa shape index (κ1) is 13.9. The molecule has 0 unspecified atom stereocenters. The maximum absolute atomic E-state index is 12.1. The van der Waals surface area contributed by atoms with Crippen molar-refractivity contribution in [3.63, 3.8) is 0 Å². The van der Waals surface area contributed by atoms with Crippen LogP contribution in [0.3, 0.4) is 0 Å². The van der Waals surface area contributed by atoms with Crippen LogP contribution in [0.5, 0.6) is 0 Å². The van der Waals surface area contributed by atoms with Crippen molar-refractivity contribution in [3.05, 3.63) is 0 Å². The SMILES string of the molecule is CC1(CNC(=O)C2CCC(N)CC2)CCCCC1. The first-order valence-corrected chi connectivity index (χ1v) is 7.62. The molecule has 0 spiro atoms. The van der Waals surface area contributed by atoms with Crippen LogP contribution >= 0.6 is 0 Å². The van der Waals surface area contributed by atoms with Gasteiger partial charge >= 0.3 is 0 Å². The van der Waals surface area contributed by atoms with E-state index in [-0.39, 0.29) is 11.8 Å². The van der Waals surface area contributed by atoms with Crippen LogP contribution in [0.15, 0.2) is 0 Å². The minimum atomic E-state index is 0.219. The number of carbonyl (C=O) groups excluding carboxylic acids is 1. The molecule has 0 aromatic rings. The summed E-state index contributed by atoms with van der Waals surface area (Å²) in [7, 11) is 0. The third-order valence-corrected chi connectivity index (χ3v) is 4.89. The molecule has 3 N–H and O–H groups in total. The summed E-state index contributed by atoms with van der Waals surface area (Å²) in [6.07, 6.45) is 10.5. The molecule has 0 saturated heterocycles. The standard InChI is InChI=1S/C15H28N2O/c1-15(9-3-2-4-10-15)11-17-14(18)12-5-7-13(16)8-6-12/h12-13H,2-11,16H2,1H3,(H,17,18). The Morgan fingerprint density at radius 1 is 1.17 bits per heavy atom. The number of nitrogens with two attached hydrogens (primary N) is 1. The zero-order valence-corrected chi connectivity index (χ0v) is 11.7. The van der Waals surface area contributed by atoms with Gasteiger partial charge in [0.15, 0.2) is 0 Å². The maximum Gasteiger partial charge on any atom is 0.223 e. The van der Waals surface area contributed by atoms with E-state index in [9.17, 15) is 4.79 Å². The fraction of sp³-hybridized carbons (Fsp3) is 0.933. The zero-order chi connectivity index (χ0) is 13.0. The second kappa shape index (κ2) is 6.05. The van der Waals surface area contributed by atoms with Crippen molar-refractivity contribution in [2.45, 2.75) is 70.8 Å². The van der Waals surface area contributed by atoms with Gasteiger partial charge in [0, 0.05) is 18.5 Å². The van der Waals surface area contributed by atoms with E-state index in [0.29, 0.717) is 11.5 Å². The summed E-state index contributed by atoms with van der Waals surface area (Å²) in [6, 6.07) is 0.324. The molecule has 0 aliphatic heterocycles. The van der Waals surface area contributed by atoms with Crippen LogP contribution in [0, 0.1) is 11.3 Å². The Labute approximate surface area is 111 Å². The summed E-state index contributed by atoms with van der Waals surface area (Å²) in [5.41, 5.74) is 6.22. The topological polar surface area (TPSA) is 55.1 Å². The van der Waals surface area contributed by atoms with Crippen molar-refractivity contribution in [1.29, 1.82) is 0 Å². The summed E-state index contributed by atoms with van der Waals surface area (Å²) in [5.74, 6) is 0.491. The largest absolute Gasteiger partial charge is 0.355 e. The molecule has 2 aliphatic carbocycles. The van der Waals surface area contributed by atoms with Gasteiger partial charge in [0.25, 0.3) is 0 Å². The Balaban J connectivity index is 1.74. The highest BCUT2D eigenvalue weighted by atomic mass is 16.1. The first-order valence-electron chi connectivity index (χ1n) is 7.62. The summed E-state index contributed by atoms with van der Waals surface area (Å²) < 4.78 is 0. The van der Waals surface area contributed by atoms with Gasteiger partial charge in [-0.1, -0.05) is 26.2 Å². The number of hydrogen-bond acceptors (Lipinski definition) is 2. The number of carbonyl (C=O) groups is 1. The van der Waals surface area contributed by atoms with E-state index in [1.165, 1.54) is 32.1 Å². The number of hydrogen-bond donors (Lipinski definition) is 2. The van der Waals surface area contributed by atoms with Crippen molar-refractivity contribution in [1.82, 2.24) is 5.32 Å². The van der Waals surface area contributed by atoms with Gasteiger partial charge in [-0.3, -0.25) is 4.79 Å². The van der Waals surface area contributed by atoms with E-state index in [2.05, 4.69) is 12.2 Å². The molecule has 0 bridgehead atoms. The molecule has 3 heteroatoms. The highest BCUT2D eigenvalue weighted by Crippen LogP contribution is 2.35. The molecule has 1 amide bonds. The molecule has 0 aromatic carbocycles. The zero-order valence-electron chi connectivity index (χ0n) is 11.7. The van der Waals surface area contributed by atoms with Crippen LogP contribution in [0.25, 0.3) is 0 Å². The summed E-state index contributed by atoms with van der Waals surface area (Å²) in [6.45, 7) is 3.19. The smallest absolute Gasteiger partial charge is 0.223 e. The van der Waals surface area contributed by atoms with Crippen LogP contribution in [0.4, 0.5) is 0 Å². The summed E-state index contributed by atoms with van der Waals surface area (Å²) >= 11 is 0. The average molecular weight is 252 g/mol. The lowest BCUT2D eigenvalue weighted by molar-refractivity contribution is -0.126. The van der Waals surface area contributed by atoms with E-state index in [1.807, 2.05) is 0 Å². The van der Waals surface area contributed by atoms with Crippen LogP contribution in [0.1, 0.15) is 64.7 Å². The minimum absolute atomic E-state index is 0.219. The van der Waals surface area contributed by atoms with E-state index < -0.39 is 0 Å². The van der Waals surface area contributed by atoms with Crippen molar-refractivity contribution >= 4 is 5.91 Å². The van der Waals surface area contributed by atoms with E-state index >= 15 is 0 Å². The second-order valence-corrected chi connectivity index (χ2v) is 6.70. The van der Waals surface area contributed by atoms with Crippen LogP contribution < -0.4 is 11.1 Å². The molecule has 2 rings (SSSR count). The third kappa shape index (κ3) is 3.71. The highest BCUT2D eigenvalue weighted by Gasteiger charge is 2.29. The number of amides is 1. The molecule has 3 nitrogen and oxygen atoms in total. The molecule has 18 heavy (non-hydrogen) atoms. The Morgan fingerprint density at radius 2 is 1.78 bits per heavy atom. The van der Waals surface area contributed by atoms with Gasteiger partial charge in [-0.2, -0.15) is 0 Å². The number of nitrogens with one attached hydrogen (secondary N) is 1. The molecule has 2 saturated carbocycles. The Hall–Kier alpha value is -0.570. The highest BCUT2D eigenvalue weighted by molar-refractivity contribution is 5.78. The van der Waals surface area contributed by atoms with Crippen LogP contribution in [0.2, 0.25) is 0 Å². The van der Waals surface area contributed by atoms with Crippen molar-refractivity contribution in [3.8, 4) is 0 Å². The molecule has 0 heterocycles. The molecule has 104 valence electrons. The van der Waals surface area contributed by atoms with E-state index in [4.69, 9.17) is 5.73 Å². The van der Waals surface area contributed by atoms with Crippen molar-refractivity contribution < 1.29 is 4.79 Å². The lowest BCUT2D eigenvalue weighted by Crippen LogP contribution is -2.41. The van der Waals surface area contributed by atoms with E-state index in [1.54, 1.807) is 0 Å². The monoisotopic (exact) mass is 252 g/mol. The van der Waals surface area contributed by atoms with Gasteiger partial charge in [0.2, 0.25) is 5.91 Å². The van der Waals surface area contributed by atoms with Gasteiger partial charge in [-0.15, -0.1) is 0 Å². The Kier molecular flexibility index (Phi) is 4.66. The van der Waals surface area contributed by atoms with Crippen molar-refractivity contribution in [2.75, 3.05) is 6.54 Å². The van der Waals surface area contributed by atoms with Gasteiger partial charge in [-0.05, 0) is 43.9 Å². The third-order valence-electron chi connectivity index (χ3n) is 4.89. The van der Waals surface area contributed by atoms with Gasteiger partial charge in [0.05, 0.1) is 0 Å². The van der Waals surface area contributed by atoms with E-state index in [0.717, 1.165) is 32.2 Å². The molecule has 0 atom stereocenters. The first-order chi connectivity index (χ1) is 8.59. The molecule has 2 aliphatic rings. The minimum Gasteiger partial charge on any atom is -0.355 e. The molecular weight excluding hydrogens is 224 g/mol. The Bertz CT molecular complexity index is 276. The predicted molar refractivity (Wildman–Crippen MR) is 74.1 cm³/mol. The lowest BCUT2D eigenvalue weighted by Gasteiger charge is -2.34. The van der Waals surface area contributed by atoms with Gasteiger partial charge in [0.1, 0.15) is 0 Å².